The van der Waals surface area contributed by atoms with Gasteiger partial charge in [-0.25, -0.2) is 8.42 Å². The molecule has 0 spiro atoms. The molecule has 1 fully saturated rings. The molecule has 1 saturated heterocycles. The third-order valence-electron chi connectivity index (χ3n) is 4.00. The Bertz CT molecular complexity index is 818. The Kier molecular flexibility index (Phi) is 4.85. The second-order valence-electron chi connectivity index (χ2n) is 5.76. The molecule has 0 bridgehead atoms. The SMILES string of the molecule is O=C1NCCC1S(=O)(=O)Cc1ccccc1OCc1ccccc1. The zero-order valence-corrected chi connectivity index (χ0v) is 14.0. The van der Waals surface area contributed by atoms with Crippen LogP contribution < -0.4 is 10.1 Å². The Labute approximate surface area is 141 Å². The van der Waals surface area contributed by atoms with Crippen molar-refractivity contribution in [3.8, 4) is 5.75 Å². The van der Waals surface area contributed by atoms with E-state index in [0.29, 0.717) is 30.9 Å². The van der Waals surface area contributed by atoms with Crippen LogP contribution in [0.15, 0.2) is 54.6 Å². The van der Waals surface area contributed by atoms with Gasteiger partial charge in [0.2, 0.25) is 5.91 Å². The van der Waals surface area contributed by atoms with Crippen molar-refractivity contribution in [2.24, 2.45) is 0 Å². The van der Waals surface area contributed by atoms with E-state index in [1.54, 1.807) is 24.3 Å². The number of hydrogen-bond donors (Lipinski definition) is 1. The standard InChI is InChI=1S/C18H19NO4S/c20-18-17(10-11-19-18)24(21,22)13-15-8-4-5-9-16(15)23-12-14-6-2-1-3-7-14/h1-9,17H,10-13H2,(H,19,20). The summed E-state index contributed by atoms with van der Waals surface area (Å²) in [6.07, 6.45) is 0.328. The fourth-order valence-corrected chi connectivity index (χ4v) is 4.49. The van der Waals surface area contributed by atoms with E-state index in [9.17, 15) is 13.2 Å². The minimum Gasteiger partial charge on any atom is -0.489 e. The van der Waals surface area contributed by atoms with E-state index in [-0.39, 0.29) is 5.75 Å². The lowest BCUT2D eigenvalue weighted by Crippen LogP contribution is -2.31. The van der Waals surface area contributed by atoms with Gasteiger partial charge < -0.3 is 10.1 Å². The van der Waals surface area contributed by atoms with Gasteiger partial charge in [0.1, 0.15) is 17.6 Å². The van der Waals surface area contributed by atoms with Gasteiger partial charge in [-0.2, -0.15) is 0 Å². The van der Waals surface area contributed by atoms with E-state index >= 15 is 0 Å². The average Bonchev–Trinajstić information content (AvgIpc) is 3.02. The lowest BCUT2D eigenvalue weighted by molar-refractivity contribution is -0.118. The van der Waals surface area contributed by atoms with Crippen LogP contribution in [0.4, 0.5) is 0 Å². The molecule has 1 aliphatic rings. The molecule has 6 heteroatoms. The first kappa shape index (κ1) is 16.5. The maximum atomic E-state index is 12.5. The van der Waals surface area contributed by atoms with Crippen molar-refractivity contribution in [1.82, 2.24) is 5.32 Å². The Morgan fingerprint density at radius 1 is 1.04 bits per heavy atom. The van der Waals surface area contributed by atoms with Crippen molar-refractivity contribution in [3.05, 3.63) is 65.7 Å². The molecule has 0 radical (unpaired) electrons. The van der Waals surface area contributed by atoms with Gasteiger partial charge in [0.05, 0.1) is 5.75 Å². The first-order chi connectivity index (χ1) is 11.6. The largest absolute Gasteiger partial charge is 0.489 e. The van der Waals surface area contributed by atoms with Crippen molar-refractivity contribution in [2.75, 3.05) is 6.54 Å². The summed E-state index contributed by atoms with van der Waals surface area (Å²) in [7, 11) is -3.56. The Hall–Kier alpha value is -2.34. The highest BCUT2D eigenvalue weighted by Crippen LogP contribution is 2.25. The monoisotopic (exact) mass is 345 g/mol. The zero-order valence-electron chi connectivity index (χ0n) is 13.1. The number of hydrogen-bond acceptors (Lipinski definition) is 4. The fraction of sp³-hybridized carbons (Fsp3) is 0.278. The number of sulfone groups is 1. The van der Waals surface area contributed by atoms with E-state index in [1.807, 2.05) is 30.3 Å². The molecular weight excluding hydrogens is 326 g/mol. The number of rotatable bonds is 6. The normalized spacial score (nSPS) is 17.5. The number of ether oxygens (including phenoxy) is 1. The molecule has 126 valence electrons. The van der Waals surface area contributed by atoms with E-state index in [1.165, 1.54) is 0 Å². The van der Waals surface area contributed by atoms with Gasteiger partial charge in [-0.05, 0) is 18.1 Å². The summed E-state index contributed by atoms with van der Waals surface area (Å²) in [6, 6.07) is 16.7. The van der Waals surface area contributed by atoms with Crippen LogP contribution in [0.2, 0.25) is 0 Å². The quantitative estimate of drug-likeness (QED) is 0.870. The van der Waals surface area contributed by atoms with Crippen LogP contribution in [0.5, 0.6) is 5.75 Å². The average molecular weight is 345 g/mol. The molecule has 1 unspecified atom stereocenters. The van der Waals surface area contributed by atoms with Crippen molar-refractivity contribution >= 4 is 15.7 Å². The molecule has 3 rings (SSSR count). The molecule has 5 nitrogen and oxygen atoms in total. The highest BCUT2D eigenvalue weighted by Gasteiger charge is 2.36. The maximum absolute atomic E-state index is 12.5. The van der Waals surface area contributed by atoms with Gasteiger partial charge >= 0.3 is 0 Å². The molecule has 1 amide bonds. The minimum atomic E-state index is -3.56. The van der Waals surface area contributed by atoms with Crippen molar-refractivity contribution < 1.29 is 17.9 Å². The molecular formula is C18H19NO4S. The predicted octanol–water partition coefficient (Wildman–Crippen LogP) is 2.07. The van der Waals surface area contributed by atoms with Crippen LogP contribution in [0.25, 0.3) is 0 Å². The zero-order chi connectivity index (χ0) is 17.0. The Balaban J connectivity index is 1.75. The van der Waals surface area contributed by atoms with E-state index in [0.717, 1.165) is 5.56 Å². The van der Waals surface area contributed by atoms with Crippen molar-refractivity contribution in [1.29, 1.82) is 0 Å². The number of benzene rings is 2. The summed E-state index contributed by atoms with van der Waals surface area (Å²) in [6.45, 7) is 0.775. The lowest BCUT2D eigenvalue weighted by Gasteiger charge is -2.14. The molecule has 0 aliphatic carbocycles. The van der Waals surface area contributed by atoms with Crippen LogP contribution in [-0.4, -0.2) is 26.1 Å². The van der Waals surface area contributed by atoms with Gasteiger partial charge in [-0.1, -0.05) is 48.5 Å². The molecule has 2 aromatic carbocycles. The number of para-hydroxylation sites is 1. The second-order valence-corrected chi connectivity index (χ2v) is 7.94. The third kappa shape index (κ3) is 3.76. The lowest BCUT2D eigenvalue weighted by atomic mass is 10.2. The smallest absolute Gasteiger partial charge is 0.238 e. The predicted molar refractivity (Wildman–Crippen MR) is 91.3 cm³/mol. The highest BCUT2D eigenvalue weighted by atomic mass is 32.2. The molecule has 1 aliphatic heterocycles. The molecule has 1 heterocycles. The molecule has 0 saturated carbocycles. The summed E-state index contributed by atoms with van der Waals surface area (Å²) in [5.74, 6) is -0.0724. The fourth-order valence-electron chi connectivity index (χ4n) is 2.73. The number of carbonyl (C=O) groups excluding carboxylic acids is 1. The van der Waals surface area contributed by atoms with E-state index < -0.39 is 21.0 Å². The van der Waals surface area contributed by atoms with Gasteiger partial charge in [-0.3, -0.25) is 4.79 Å². The molecule has 1 atom stereocenters. The van der Waals surface area contributed by atoms with Crippen molar-refractivity contribution in [2.45, 2.75) is 24.0 Å². The molecule has 0 aromatic heterocycles. The molecule has 2 aromatic rings. The summed E-state index contributed by atoms with van der Waals surface area (Å²) in [5.41, 5.74) is 1.58. The summed E-state index contributed by atoms with van der Waals surface area (Å²) >= 11 is 0. The van der Waals surface area contributed by atoms with Crippen LogP contribution in [0.1, 0.15) is 17.5 Å². The summed E-state index contributed by atoms with van der Waals surface area (Å²) < 4.78 is 30.8. The number of carbonyl (C=O) groups is 1. The molecule has 1 N–H and O–H groups in total. The first-order valence-electron chi connectivity index (χ1n) is 7.80. The van der Waals surface area contributed by atoms with E-state index in [2.05, 4.69) is 5.32 Å². The number of amides is 1. The van der Waals surface area contributed by atoms with Crippen LogP contribution in [0, 0.1) is 0 Å². The minimum absolute atomic E-state index is 0.198. The molecule has 24 heavy (non-hydrogen) atoms. The van der Waals surface area contributed by atoms with Gasteiger partial charge in [-0.15, -0.1) is 0 Å². The number of nitrogens with one attached hydrogen (secondary N) is 1. The second kappa shape index (κ2) is 7.05. The summed E-state index contributed by atoms with van der Waals surface area (Å²) in [5, 5.41) is 1.61. The van der Waals surface area contributed by atoms with Crippen LogP contribution >= 0.6 is 0 Å². The topological polar surface area (TPSA) is 72.5 Å². The van der Waals surface area contributed by atoms with Crippen LogP contribution in [-0.2, 0) is 27.0 Å². The maximum Gasteiger partial charge on any atom is 0.238 e. The first-order valence-corrected chi connectivity index (χ1v) is 9.52. The Morgan fingerprint density at radius 3 is 2.46 bits per heavy atom. The Morgan fingerprint density at radius 2 is 1.75 bits per heavy atom. The van der Waals surface area contributed by atoms with Crippen LogP contribution in [0.3, 0.4) is 0 Å². The summed E-state index contributed by atoms with van der Waals surface area (Å²) in [4.78, 5) is 11.7. The van der Waals surface area contributed by atoms with Gasteiger partial charge in [0, 0.05) is 12.1 Å². The van der Waals surface area contributed by atoms with Gasteiger partial charge in [0.25, 0.3) is 0 Å². The van der Waals surface area contributed by atoms with Gasteiger partial charge in [0.15, 0.2) is 9.84 Å². The van der Waals surface area contributed by atoms with E-state index in [4.69, 9.17) is 4.74 Å². The van der Waals surface area contributed by atoms with Crippen molar-refractivity contribution in [3.63, 3.8) is 0 Å². The highest BCUT2D eigenvalue weighted by molar-refractivity contribution is 7.92. The third-order valence-corrected chi connectivity index (χ3v) is 6.03.